The van der Waals surface area contributed by atoms with Gasteiger partial charge in [-0.3, -0.25) is 0 Å². The van der Waals surface area contributed by atoms with E-state index in [1.165, 1.54) is 0 Å². The molecule has 0 radical (unpaired) electrons. The molecule has 0 aromatic carbocycles. The van der Waals surface area contributed by atoms with E-state index in [1.54, 1.807) is 6.92 Å². The Hall–Kier alpha value is 0.450. The Morgan fingerprint density at radius 2 is 2.08 bits per heavy atom. The smallest absolute Gasteiger partial charge is 0.222 e. The molecule has 0 bridgehead atoms. The third-order valence-electron chi connectivity index (χ3n) is 0.544. The van der Waals surface area contributed by atoms with Gasteiger partial charge in [0.25, 0.3) is 0 Å². The van der Waals surface area contributed by atoms with Crippen LogP contribution in [0.15, 0.2) is 0 Å². The lowest BCUT2D eigenvalue weighted by Crippen LogP contribution is -2.09. The molecule has 0 saturated carbocycles. The van der Waals surface area contributed by atoms with Gasteiger partial charge in [-0.1, -0.05) is 5.92 Å². The Balaban J connectivity index is 0. The van der Waals surface area contributed by atoms with Gasteiger partial charge < -0.3 is 14.7 Å². The lowest BCUT2D eigenvalue weighted by Gasteiger charge is -2.00. The number of hydrogen-bond donors (Lipinski definition) is 2. The van der Waals surface area contributed by atoms with Gasteiger partial charge in [0.1, 0.15) is 6.61 Å². The van der Waals surface area contributed by atoms with Crippen LogP contribution < -0.4 is 0 Å². The molecule has 0 aromatic rings. The Kier molecular flexibility index (Phi) is 14.3. The zero-order valence-corrected chi connectivity index (χ0v) is 8.98. The van der Waals surface area contributed by atoms with E-state index in [0.717, 1.165) is 0 Å². The zero-order chi connectivity index (χ0) is 9.98. The Bertz CT molecular complexity index is 122. The first-order chi connectivity index (χ1) is 5.50. The summed E-state index contributed by atoms with van der Waals surface area (Å²) in [7, 11) is 0. The summed E-state index contributed by atoms with van der Waals surface area (Å²) in [6.07, 6.45) is 4.44. The fraction of sp³-hybridized carbons (Fsp3) is 0.667. The van der Waals surface area contributed by atoms with Crippen molar-refractivity contribution in [2.75, 3.05) is 13.2 Å². The highest BCUT2D eigenvalue weighted by molar-refractivity contribution is 7.99. The normalized spacial score (nSPS) is 11.4. The molecule has 0 rings (SSSR count). The molecule has 0 amide bonds. The summed E-state index contributed by atoms with van der Waals surface area (Å²) in [6, 6.07) is 0. The summed E-state index contributed by atoms with van der Waals surface area (Å²) in [5, 5.41) is 8.59. The highest BCUT2D eigenvalue weighted by Crippen LogP contribution is 2.40. The van der Waals surface area contributed by atoms with Crippen LogP contribution in [-0.2, 0) is 4.74 Å². The molecule has 0 heterocycles. The van der Waals surface area contributed by atoms with Crippen LogP contribution in [0.1, 0.15) is 6.92 Å². The van der Waals surface area contributed by atoms with Crippen LogP contribution >= 0.6 is 29.3 Å². The third-order valence-corrected chi connectivity index (χ3v) is 0.544. The number of halogens is 2. The van der Waals surface area contributed by atoms with Gasteiger partial charge in [0.2, 0.25) is 6.85 Å². The van der Waals surface area contributed by atoms with Crippen molar-refractivity contribution in [3.63, 3.8) is 0 Å². The van der Waals surface area contributed by atoms with Crippen molar-refractivity contribution in [3.8, 4) is 12.3 Å². The fourth-order valence-electron chi connectivity index (χ4n) is 0.288. The van der Waals surface area contributed by atoms with Crippen molar-refractivity contribution < 1.29 is 14.7 Å². The number of ether oxygens (including phenoxy) is 1. The van der Waals surface area contributed by atoms with Crippen molar-refractivity contribution in [1.82, 2.24) is 0 Å². The largest absolute Gasteiger partial charge is 0.391 e. The van der Waals surface area contributed by atoms with Crippen LogP contribution in [0.5, 0.6) is 0 Å². The van der Waals surface area contributed by atoms with Crippen LogP contribution in [0, 0.1) is 12.3 Å². The quantitative estimate of drug-likeness (QED) is 0.443. The molecule has 0 aliphatic rings. The van der Waals surface area contributed by atoms with Gasteiger partial charge in [-0.2, -0.15) is 0 Å². The molecule has 72 valence electrons. The molecule has 0 aromatic heterocycles. The van der Waals surface area contributed by atoms with E-state index in [1.807, 2.05) is 0 Å². The average molecular weight is 233 g/mol. The Morgan fingerprint density at radius 3 is 2.33 bits per heavy atom. The highest BCUT2D eigenvalue weighted by Gasteiger charge is 1.90. The number of aliphatic hydroxyl groups is 1. The van der Waals surface area contributed by atoms with Crippen molar-refractivity contribution in [3.05, 3.63) is 0 Å². The SMILES string of the molecule is C#CCOCC(C)O.OP(Cl)Cl. The molecule has 1 unspecified atom stereocenters. The molecular weight excluding hydrogens is 222 g/mol. The second-order valence-corrected chi connectivity index (χ2v) is 4.65. The van der Waals surface area contributed by atoms with Crippen molar-refractivity contribution >= 4 is 29.3 Å². The van der Waals surface area contributed by atoms with Crippen LogP contribution in [0.4, 0.5) is 0 Å². The maximum absolute atomic E-state index is 8.59. The second-order valence-electron chi connectivity index (χ2n) is 1.78. The van der Waals surface area contributed by atoms with E-state index in [0.29, 0.717) is 6.61 Å². The predicted octanol–water partition coefficient (Wildman–Crippen LogP) is 1.70. The molecule has 1 atom stereocenters. The topological polar surface area (TPSA) is 49.7 Å². The summed E-state index contributed by atoms with van der Waals surface area (Å²) in [6.45, 7) is 0.580. The predicted molar refractivity (Wildman–Crippen MR) is 52.2 cm³/mol. The summed E-state index contributed by atoms with van der Waals surface area (Å²) >= 11 is 9.32. The molecule has 12 heavy (non-hydrogen) atoms. The summed E-state index contributed by atoms with van der Waals surface area (Å²) in [5.74, 6) is 2.29. The molecule has 3 nitrogen and oxygen atoms in total. The summed E-state index contributed by atoms with van der Waals surface area (Å²) in [5.41, 5.74) is 0. The maximum atomic E-state index is 8.59. The maximum Gasteiger partial charge on any atom is 0.222 e. The molecule has 0 fully saturated rings. The van der Waals surface area contributed by atoms with Gasteiger partial charge in [0.15, 0.2) is 0 Å². The van der Waals surface area contributed by atoms with E-state index in [2.05, 4.69) is 28.4 Å². The van der Waals surface area contributed by atoms with Gasteiger partial charge >= 0.3 is 0 Å². The first kappa shape index (κ1) is 14.9. The number of hydrogen-bond acceptors (Lipinski definition) is 3. The summed E-state index contributed by atoms with van der Waals surface area (Å²) < 4.78 is 4.76. The van der Waals surface area contributed by atoms with Crippen LogP contribution in [0.25, 0.3) is 0 Å². The van der Waals surface area contributed by atoms with Gasteiger partial charge in [0, 0.05) is 0 Å². The minimum absolute atomic E-state index is 0.283. The number of aliphatic hydroxyl groups excluding tert-OH is 1. The van der Waals surface area contributed by atoms with Crippen LogP contribution in [0.3, 0.4) is 0 Å². The van der Waals surface area contributed by atoms with E-state index >= 15 is 0 Å². The molecule has 6 heteroatoms. The van der Waals surface area contributed by atoms with Crippen molar-refractivity contribution in [2.45, 2.75) is 13.0 Å². The Morgan fingerprint density at radius 1 is 1.67 bits per heavy atom. The lowest BCUT2D eigenvalue weighted by molar-refractivity contribution is 0.0621. The van der Waals surface area contributed by atoms with Gasteiger partial charge in [-0.15, -0.1) is 6.42 Å². The minimum Gasteiger partial charge on any atom is -0.391 e. The van der Waals surface area contributed by atoms with Gasteiger partial charge in [-0.25, -0.2) is 0 Å². The molecule has 2 N–H and O–H groups in total. The molecule has 0 saturated heterocycles. The molecule has 0 aliphatic heterocycles. The molecule has 0 aliphatic carbocycles. The summed E-state index contributed by atoms with van der Waals surface area (Å²) in [4.78, 5) is 7.65. The third kappa shape index (κ3) is 31.4. The van der Waals surface area contributed by atoms with E-state index in [9.17, 15) is 0 Å². The average Bonchev–Trinajstić information content (AvgIpc) is 1.86. The standard InChI is InChI=1S/C6H10O2.Cl2HOP/c1-3-4-8-5-6(2)7;1-4(2)3/h1,6-7H,4-5H2,2H3;3H. The van der Waals surface area contributed by atoms with Crippen molar-refractivity contribution in [2.24, 2.45) is 0 Å². The monoisotopic (exact) mass is 232 g/mol. The van der Waals surface area contributed by atoms with Crippen LogP contribution in [0.2, 0.25) is 0 Å². The van der Waals surface area contributed by atoms with E-state index in [-0.39, 0.29) is 6.61 Å². The first-order valence-electron chi connectivity index (χ1n) is 3.00. The van der Waals surface area contributed by atoms with E-state index in [4.69, 9.17) is 21.2 Å². The van der Waals surface area contributed by atoms with Gasteiger partial charge in [0.05, 0.1) is 12.7 Å². The minimum atomic E-state index is -1.68. The first-order valence-corrected chi connectivity index (χ1v) is 6.11. The number of terminal acetylenes is 1. The van der Waals surface area contributed by atoms with Crippen molar-refractivity contribution in [1.29, 1.82) is 0 Å². The van der Waals surface area contributed by atoms with Gasteiger partial charge in [-0.05, 0) is 29.4 Å². The molecular formula is C6H11Cl2O3P. The fourth-order valence-corrected chi connectivity index (χ4v) is 0.288. The lowest BCUT2D eigenvalue weighted by atomic mass is 10.4. The van der Waals surface area contributed by atoms with Crippen LogP contribution in [-0.4, -0.2) is 29.3 Å². The second kappa shape index (κ2) is 11.4. The highest BCUT2D eigenvalue weighted by atomic mass is 35.9. The van der Waals surface area contributed by atoms with E-state index < -0.39 is 13.0 Å². The number of rotatable bonds is 3. The molecule has 0 spiro atoms. The Labute approximate surface area is 83.0 Å². The zero-order valence-electron chi connectivity index (χ0n) is 6.57.